The van der Waals surface area contributed by atoms with Gasteiger partial charge in [0.1, 0.15) is 5.82 Å². The highest BCUT2D eigenvalue weighted by Gasteiger charge is 2.48. The van der Waals surface area contributed by atoms with Gasteiger partial charge in [-0.3, -0.25) is 0 Å². The average molecular weight is 375 g/mol. The van der Waals surface area contributed by atoms with Crippen molar-refractivity contribution >= 4 is 0 Å². The van der Waals surface area contributed by atoms with Gasteiger partial charge in [0.15, 0.2) is 0 Å². The van der Waals surface area contributed by atoms with Crippen molar-refractivity contribution in [1.82, 2.24) is 5.32 Å². The number of benzene rings is 3. The quantitative estimate of drug-likeness (QED) is 0.630. The number of nitrogens with one attached hydrogen (secondary N) is 1. The van der Waals surface area contributed by atoms with E-state index in [0.29, 0.717) is 6.42 Å². The zero-order valence-electron chi connectivity index (χ0n) is 16.1. The lowest BCUT2D eigenvalue weighted by Gasteiger charge is -2.49. The number of halogens is 1. The molecule has 0 aliphatic carbocycles. The van der Waals surface area contributed by atoms with E-state index >= 15 is 0 Å². The highest BCUT2D eigenvalue weighted by Crippen LogP contribution is 2.49. The van der Waals surface area contributed by atoms with Crippen LogP contribution in [-0.2, 0) is 5.60 Å². The summed E-state index contributed by atoms with van der Waals surface area (Å²) in [5.41, 5.74) is 2.05. The van der Waals surface area contributed by atoms with E-state index < -0.39 is 5.60 Å². The second-order valence-electron chi connectivity index (χ2n) is 7.67. The third kappa shape index (κ3) is 3.48. The van der Waals surface area contributed by atoms with Gasteiger partial charge in [-0.15, -0.1) is 0 Å². The van der Waals surface area contributed by atoms with E-state index in [4.69, 9.17) is 0 Å². The van der Waals surface area contributed by atoms with Crippen molar-refractivity contribution in [2.75, 3.05) is 0 Å². The highest BCUT2D eigenvalue weighted by molar-refractivity contribution is 5.32. The molecule has 0 spiro atoms. The van der Waals surface area contributed by atoms with Gasteiger partial charge >= 0.3 is 0 Å². The standard InChI is InChI=1S/C25H26FNO/c1-2-22-24(19-11-7-4-8-12-19)27-23(18-9-5-3-6-10-18)17-25(22,28)20-13-15-21(26)16-14-20/h3-16,22-24,27-28H,2,17H2,1H3/t22-,23+,24+,25-/m1/s1. The first-order valence-electron chi connectivity index (χ1n) is 9.96. The Morgan fingerprint density at radius 1 is 0.893 bits per heavy atom. The SMILES string of the molecule is CC[C@@H]1[C@H](c2ccccc2)N[C@H](c2ccccc2)C[C@@]1(O)c1ccc(F)cc1. The molecule has 0 saturated carbocycles. The molecular weight excluding hydrogens is 349 g/mol. The minimum atomic E-state index is -1.05. The molecular formula is C25H26FNO. The second kappa shape index (κ2) is 7.86. The maximum Gasteiger partial charge on any atom is 0.123 e. The van der Waals surface area contributed by atoms with Crippen molar-refractivity contribution in [2.45, 2.75) is 37.5 Å². The van der Waals surface area contributed by atoms with Crippen LogP contribution in [0.4, 0.5) is 4.39 Å². The van der Waals surface area contributed by atoms with Gasteiger partial charge in [-0.05, 0) is 35.2 Å². The summed E-state index contributed by atoms with van der Waals surface area (Å²) in [5.74, 6) is -0.311. The summed E-state index contributed by atoms with van der Waals surface area (Å²) >= 11 is 0. The Morgan fingerprint density at radius 3 is 2.04 bits per heavy atom. The van der Waals surface area contributed by atoms with Gasteiger partial charge in [-0.2, -0.15) is 0 Å². The zero-order valence-corrected chi connectivity index (χ0v) is 16.1. The first-order valence-corrected chi connectivity index (χ1v) is 9.96. The van der Waals surface area contributed by atoms with E-state index in [1.54, 1.807) is 12.1 Å². The first kappa shape index (κ1) is 18.9. The van der Waals surface area contributed by atoms with Crippen molar-refractivity contribution in [1.29, 1.82) is 0 Å². The van der Waals surface area contributed by atoms with E-state index in [2.05, 4.69) is 36.5 Å². The lowest BCUT2D eigenvalue weighted by Crippen LogP contribution is -2.51. The molecule has 4 atom stereocenters. The summed E-state index contributed by atoms with van der Waals surface area (Å²) in [6.07, 6.45) is 1.35. The Morgan fingerprint density at radius 2 is 1.46 bits per heavy atom. The Bertz CT molecular complexity index is 897. The van der Waals surface area contributed by atoms with Crippen LogP contribution < -0.4 is 5.32 Å². The predicted octanol–water partition coefficient (Wildman–Crippen LogP) is 5.52. The van der Waals surface area contributed by atoms with Crippen LogP contribution in [0.2, 0.25) is 0 Å². The largest absolute Gasteiger partial charge is 0.385 e. The maximum absolute atomic E-state index is 13.5. The summed E-state index contributed by atoms with van der Waals surface area (Å²) < 4.78 is 13.5. The third-order valence-corrected chi connectivity index (χ3v) is 6.06. The fourth-order valence-corrected chi connectivity index (χ4v) is 4.66. The van der Waals surface area contributed by atoms with E-state index in [9.17, 15) is 9.50 Å². The van der Waals surface area contributed by atoms with Crippen LogP contribution >= 0.6 is 0 Å². The fraction of sp³-hybridized carbons (Fsp3) is 0.280. The number of hydrogen-bond donors (Lipinski definition) is 2. The van der Waals surface area contributed by atoms with Crippen LogP contribution in [0, 0.1) is 11.7 Å². The summed E-state index contributed by atoms with van der Waals surface area (Å²) in [4.78, 5) is 0. The molecule has 1 fully saturated rings. The van der Waals surface area contributed by atoms with Crippen molar-refractivity contribution in [3.8, 4) is 0 Å². The van der Waals surface area contributed by atoms with Crippen molar-refractivity contribution in [3.63, 3.8) is 0 Å². The molecule has 3 aromatic rings. The molecule has 1 heterocycles. The number of hydrogen-bond acceptors (Lipinski definition) is 2. The van der Waals surface area contributed by atoms with Crippen LogP contribution in [0.5, 0.6) is 0 Å². The van der Waals surface area contributed by atoms with Gasteiger partial charge < -0.3 is 10.4 Å². The van der Waals surface area contributed by atoms with Crippen LogP contribution in [0.15, 0.2) is 84.9 Å². The molecule has 28 heavy (non-hydrogen) atoms. The summed E-state index contributed by atoms with van der Waals surface area (Å²) in [6.45, 7) is 2.11. The Balaban J connectivity index is 1.81. The van der Waals surface area contributed by atoms with Crippen LogP contribution in [0.1, 0.15) is 48.5 Å². The predicted molar refractivity (Wildman–Crippen MR) is 110 cm³/mol. The number of aliphatic hydroxyl groups is 1. The molecule has 2 N–H and O–H groups in total. The number of rotatable bonds is 4. The number of piperidine rings is 1. The van der Waals surface area contributed by atoms with E-state index in [1.807, 2.05) is 36.4 Å². The smallest absolute Gasteiger partial charge is 0.123 e. The molecule has 1 saturated heterocycles. The Labute approximate surface area is 166 Å². The molecule has 3 heteroatoms. The van der Waals surface area contributed by atoms with Gasteiger partial charge in [0, 0.05) is 24.4 Å². The molecule has 144 valence electrons. The molecule has 3 aromatic carbocycles. The minimum absolute atomic E-state index is 0.000194. The van der Waals surface area contributed by atoms with Gasteiger partial charge in [0.05, 0.1) is 5.60 Å². The molecule has 0 bridgehead atoms. The van der Waals surface area contributed by atoms with Crippen LogP contribution in [-0.4, -0.2) is 5.11 Å². The monoisotopic (exact) mass is 375 g/mol. The van der Waals surface area contributed by atoms with E-state index in [-0.39, 0.29) is 23.8 Å². The molecule has 4 rings (SSSR count). The van der Waals surface area contributed by atoms with Gasteiger partial charge in [0.2, 0.25) is 0 Å². The molecule has 1 aliphatic rings. The average Bonchev–Trinajstić information content (AvgIpc) is 2.75. The summed E-state index contributed by atoms with van der Waals surface area (Å²) in [7, 11) is 0. The molecule has 0 radical (unpaired) electrons. The summed E-state index contributed by atoms with van der Waals surface area (Å²) in [5, 5.41) is 15.8. The zero-order chi connectivity index (χ0) is 19.6. The van der Waals surface area contributed by atoms with Crippen molar-refractivity contribution < 1.29 is 9.50 Å². The normalized spacial score (nSPS) is 27.5. The first-order chi connectivity index (χ1) is 13.6. The topological polar surface area (TPSA) is 32.3 Å². The van der Waals surface area contributed by atoms with Gasteiger partial charge in [-0.1, -0.05) is 79.7 Å². The van der Waals surface area contributed by atoms with E-state index in [0.717, 1.165) is 23.1 Å². The lowest BCUT2D eigenvalue weighted by atomic mass is 9.67. The van der Waals surface area contributed by atoms with Crippen molar-refractivity contribution in [2.24, 2.45) is 5.92 Å². The molecule has 1 aliphatic heterocycles. The van der Waals surface area contributed by atoms with Crippen molar-refractivity contribution in [3.05, 3.63) is 107 Å². The third-order valence-electron chi connectivity index (χ3n) is 6.06. The Hall–Kier alpha value is -2.49. The van der Waals surface area contributed by atoms with Crippen LogP contribution in [0.25, 0.3) is 0 Å². The van der Waals surface area contributed by atoms with E-state index in [1.165, 1.54) is 12.1 Å². The summed E-state index contributed by atoms with van der Waals surface area (Å²) in [6, 6.07) is 26.9. The minimum Gasteiger partial charge on any atom is -0.385 e. The second-order valence-corrected chi connectivity index (χ2v) is 7.67. The van der Waals surface area contributed by atoms with Crippen LogP contribution in [0.3, 0.4) is 0 Å². The lowest BCUT2D eigenvalue weighted by molar-refractivity contribution is -0.0830. The fourth-order valence-electron chi connectivity index (χ4n) is 4.66. The molecule has 0 aromatic heterocycles. The maximum atomic E-state index is 13.5. The molecule has 0 unspecified atom stereocenters. The van der Waals surface area contributed by atoms with Gasteiger partial charge in [0.25, 0.3) is 0 Å². The molecule has 0 amide bonds. The highest BCUT2D eigenvalue weighted by atomic mass is 19.1. The molecule has 2 nitrogen and oxygen atoms in total. The van der Waals surface area contributed by atoms with Gasteiger partial charge in [-0.25, -0.2) is 4.39 Å². The Kier molecular flexibility index (Phi) is 5.29.